The molecule has 0 saturated carbocycles. The molecule has 0 saturated heterocycles. The number of hydrogen-bond acceptors (Lipinski definition) is 5. The fraction of sp³-hybridized carbons (Fsp3) is 0.100. The Labute approximate surface area is 124 Å². The Morgan fingerprint density at radius 1 is 1.30 bits per heavy atom. The number of thiazole rings is 1. The van der Waals surface area contributed by atoms with Crippen molar-refractivity contribution in [3.63, 3.8) is 0 Å². The van der Waals surface area contributed by atoms with Gasteiger partial charge < -0.3 is 4.74 Å². The third-order valence-electron chi connectivity index (χ3n) is 2.07. The zero-order valence-electron chi connectivity index (χ0n) is 9.39. The molecule has 0 unspecified atom stereocenters. The van der Waals surface area contributed by atoms with Gasteiger partial charge in [0.15, 0.2) is 3.92 Å². The highest BCUT2D eigenvalue weighted by molar-refractivity contribution is 9.11. The number of halogens is 4. The molecule has 0 bridgehead atoms. The molecule has 2 rings (SSSR count). The van der Waals surface area contributed by atoms with Crippen molar-refractivity contribution >= 4 is 37.1 Å². The van der Waals surface area contributed by atoms with Crippen molar-refractivity contribution in [2.75, 3.05) is 0 Å². The van der Waals surface area contributed by atoms with Gasteiger partial charge in [-0.2, -0.15) is 0 Å². The smallest absolute Gasteiger partial charge is 0.406 e. The maximum absolute atomic E-state index is 12.2. The van der Waals surface area contributed by atoms with Gasteiger partial charge in [-0.25, -0.2) is 13.4 Å². The van der Waals surface area contributed by atoms with E-state index in [1.165, 1.54) is 12.1 Å². The molecule has 108 valence electrons. The van der Waals surface area contributed by atoms with Crippen molar-refractivity contribution in [2.24, 2.45) is 0 Å². The maximum atomic E-state index is 12.2. The predicted octanol–water partition coefficient (Wildman–Crippen LogP) is 3.64. The molecule has 0 aliphatic heterocycles. The van der Waals surface area contributed by atoms with Crippen molar-refractivity contribution in [3.05, 3.63) is 34.4 Å². The highest BCUT2D eigenvalue weighted by Crippen LogP contribution is 2.31. The first-order valence-electron chi connectivity index (χ1n) is 4.91. The molecule has 0 aliphatic rings. The van der Waals surface area contributed by atoms with Crippen molar-refractivity contribution in [3.8, 4) is 5.75 Å². The van der Waals surface area contributed by atoms with Crippen LogP contribution in [0.3, 0.4) is 0 Å². The van der Waals surface area contributed by atoms with Gasteiger partial charge in [0, 0.05) is 0 Å². The zero-order chi connectivity index (χ0) is 15.0. The molecule has 0 aliphatic carbocycles. The lowest BCUT2D eigenvalue weighted by atomic mass is 10.3. The Balaban J connectivity index is 2.40. The summed E-state index contributed by atoms with van der Waals surface area (Å²) in [5.41, 5.74) is 0. The fourth-order valence-electron chi connectivity index (χ4n) is 1.32. The van der Waals surface area contributed by atoms with Gasteiger partial charge in [-0.3, -0.25) is 0 Å². The summed E-state index contributed by atoms with van der Waals surface area (Å²) in [5.74, 6) is -0.595. The number of sulfone groups is 1. The molecule has 2 aromatic rings. The topological polar surface area (TPSA) is 56.3 Å². The summed E-state index contributed by atoms with van der Waals surface area (Å²) in [7, 11) is -3.92. The van der Waals surface area contributed by atoms with E-state index >= 15 is 0 Å². The average Bonchev–Trinajstić information content (AvgIpc) is 2.74. The minimum atomic E-state index is -4.88. The van der Waals surface area contributed by atoms with Gasteiger partial charge in [-0.1, -0.05) is 17.4 Å². The quantitative estimate of drug-likeness (QED) is 0.806. The van der Waals surface area contributed by atoms with Crippen LogP contribution in [0.5, 0.6) is 5.75 Å². The van der Waals surface area contributed by atoms with Crippen molar-refractivity contribution < 1.29 is 26.3 Å². The Kier molecular flexibility index (Phi) is 4.07. The van der Waals surface area contributed by atoms with E-state index in [9.17, 15) is 21.6 Å². The van der Waals surface area contributed by atoms with E-state index in [0.29, 0.717) is 3.92 Å². The highest BCUT2D eigenvalue weighted by Gasteiger charge is 2.31. The van der Waals surface area contributed by atoms with Gasteiger partial charge in [-0.05, 0) is 34.1 Å². The van der Waals surface area contributed by atoms with Gasteiger partial charge in [0.25, 0.3) is 0 Å². The number of rotatable bonds is 3. The van der Waals surface area contributed by atoms with E-state index < -0.39 is 21.9 Å². The lowest BCUT2D eigenvalue weighted by Crippen LogP contribution is -2.17. The second-order valence-electron chi connectivity index (χ2n) is 3.46. The Morgan fingerprint density at radius 3 is 2.55 bits per heavy atom. The Morgan fingerprint density at radius 2 is 2.00 bits per heavy atom. The first-order valence-corrected chi connectivity index (χ1v) is 8.00. The first kappa shape index (κ1) is 15.3. The standard InChI is InChI=1S/C10H5BrF3NO3S2/c11-9-15-5-8(19-9)20(16,17)7-3-1-2-6(4-7)18-10(12,13)14/h1-5H. The van der Waals surface area contributed by atoms with Gasteiger partial charge >= 0.3 is 6.36 Å². The number of nitrogens with zero attached hydrogens (tertiary/aromatic N) is 1. The minimum Gasteiger partial charge on any atom is -0.406 e. The van der Waals surface area contributed by atoms with Crippen LogP contribution in [0.4, 0.5) is 13.2 Å². The van der Waals surface area contributed by atoms with Gasteiger partial charge in [0.1, 0.15) is 9.96 Å². The molecule has 0 atom stereocenters. The van der Waals surface area contributed by atoms with Crippen LogP contribution in [0.1, 0.15) is 0 Å². The molecule has 1 heterocycles. The predicted molar refractivity (Wildman–Crippen MR) is 68.4 cm³/mol. The Bertz CT molecular complexity index is 727. The van der Waals surface area contributed by atoms with Crippen LogP contribution >= 0.6 is 27.3 Å². The molecular weight excluding hydrogens is 383 g/mol. The number of ether oxygens (including phenoxy) is 1. The first-order chi connectivity index (χ1) is 9.18. The third-order valence-corrected chi connectivity index (χ3v) is 5.76. The van der Waals surface area contributed by atoms with E-state index in [4.69, 9.17) is 0 Å². The summed E-state index contributed by atoms with van der Waals surface area (Å²) in [6.45, 7) is 0. The van der Waals surface area contributed by atoms with Crippen molar-refractivity contribution in [1.82, 2.24) is 4.98 Å². The minimum absolute atomic E-state index is 0.0754. The van der Waals surface area contributed by atoms with Crippen LogP contribution < -0.4 is 4.74 Å². The summed E-state index contributed by atoms with van der Waals surface area (Å²) in [6, 6.07) is 4.20. The number of aromatic nitrogens is 1. The summed E-state index contributed by atoms with van der Waals surface area (Å²) >= 11 is 3.88. The molecule has 0 amide bonds. The Hall–Kier alpha value is -1.13. The number of hydrogen-bond donors (Lipinski definition) is 0. The number of alkyl halides is 3. The van der Waals surface area contributed by atoms with Crippen LogP contribution in [-0.4, -0.2) is 19.8 Å². The summed E-state index contributed by atoms with van der Waals surface area (Å²) in [6.07, 6.45) is -3.75. The molecule has 0 fully saturated rings. The van der Waals surface area contributed by atoms with E-state index in [0.717, 1.165) is 29.7 Å². The maximum Gasteiger partial charge on any atom is 0.573 e. The number of benzene rings is 1. The average molecular weight is 388 g/mol. The monoisotopic (exact) mass is 387 g/mol. The normalized spacial score (nSPS) is 12.4. The van der Waals surface area contributed by atoms with E-state index in [1.54, 1.807) is 0 Å². The van der Waals surface area contributed by atoms with Crippen molar-refractivity contribution in [1.29, 1.82) is 0 Å². The lowest BCUT2D eigenvalue weighted by molar-refractivity contribution is -0.274. The van der Waals surface area contributed by atoms with Gasteiger partial charge in [-0.15, -0.1) is 13.2 Å². The molecule has 0 N–H and O–H groups in total. The van der Waals surface area contributed by atoms with Gasteiger partial charge in [0.2, 0.25) is 9.84 Å². The fourth-order valence-corrected chi connectivity index (χ4v) is 4.56. The summed E-state index contributed by atoms with van der Waals surface area (Å²) < 4.78 is 64.7. The van der Waals surface area contributed by atoms with E-state index in [2.05, 4.69) is 25.7 Å². The SMILES string of the molecule is O=S(=O)(c1cccc(OC(F)(F)F)c1)c1cnc(Br)s1. The molecule has 4 nitrogen and oxygen atoms in total. The van der Waals surface area contributed by atoms with E-state index in [1.807, 2.05) is 0 Å². The second-order valence-corrected chi connectivity index (χ2v) is 7.94. The molecule has 10 heteroatoms. The van der Waals surface area contributed by atoms with Crippen LogP contribution in [-0.2, 0) is 9.84 Å². The zero-order valence-corrected chi connectivity index (χ0v) is 12.6. The molecule has 0 radical (unpaired) electrons. The summed E-state index contributed by atoms with van der Waals surface area (Å²) in [4.78, 5) is 3.44. The van der Waals surface area contributed by atoms with E-state index in [-0.39, 0.29) is 9.10 Å². The molecular formula is C10H5BrF3NO3S2. The lowest BCUT2D eigenvalue weighted by Gasteiger charge is -2.09. The van der Waals surface area contributed by atoms with Crippen LogP contribution in [0.15, 0.2) is 43.5 Å². The van der Waals surface area contributed by atoms with Gasteiger partial charge in [0.05, 0.1) is 11.1 Å². The molecule has 0 spiro atoms. The molecule has 20 heavy (non-hydrogen) atoms. The molecule has 1 aromatic heterocycles. The van der Waals surface area contributed by atoms with Crippen LogP contribution in [0.2, 0.25) is 0 Å². The largest absolute Gasteiger partial charge is 0.573 e. The van der Waals surface area contributed by atoms with Crippen molar-refractivity contribution in [2.45, 2.75) is 15.5 Å². The molecule has 1 aromatic carbocycles. The third kappa shape index (κ3) is 3.49. The second kappa shape index (κ2) is 5.34. The summed E-state index contributed by atoms with van der Waals surface area (Å²) in [5, 5.41) is 0. The highest BCUT2D eigenvalue weighted by atomic mass is 79.9. The van der Waals surface area contributed by atoms with Crippen LogP contribution in [0, 0.1) is 0 Å². The van der Waals surface area contributed by atoms with Crippen LogP contribution in [0.25, 0.3) is 0 Å².